The van der Waals surface area contributed by atoms with Crippen LogP contribution in [0.5, 0.6) is 5.75 Å². The molecule has 0 spiro atoms. The molecule has 2 rings (SSSR count). The Kier molecular flexibility index (Phi) is 9.30. The van der Waals surface area contributed by atoms with Crippen molar-refractivity contribution >= 4 is 12.4 Å². The Labute approximate surface area is 141 Å². The van der Waals surface area contributed by atoms with E-state index >= 15 is 0 Å². The van der Waals surface area contributed by atoms with E-state index in [1.807, 2.05) is 12.1 Å². The number of nitrogens with zero attached hydrogens (tertiary/aromatic N) is 1. The number of hydrogen-bond acceptors (Lipinski definition) is 2. The molecule has 0 aromatic heterocycles. The summed E-state index contributed by atoms with van der Waals surface area (Å²) in [6, 6.07) is 8.83. The van der Waals surface area contributed by atoms with E-state index in [1.165, 1.54) is 37.9 Å². The third-order valence-corrected chi connectivity index (χ3v) is 4.27. The Bertz CT molecular complexity index is 400. The zero-order valence-corrected chi connectivity index (χ0v) is 14.6. The summed E-state index contributed by atoms with van der Waals surface area (Å²) in [5.74, 6) is 0.935. The highest BCUT2D eigenvalue weighted by molar-refractivity contribution is 5.85. The van der Waals surface area contributed by atoms with Gasteiger partial charge in [-0.25, -0.2) is 0 Å². The molecule has 0 radical (unpaired) electrons. The van der Waals surface area contributed by atoms with Crippen molar-refractivity contribution in [2.75, 3.05) is 33.8 Å². The van der Waals surface area contributed by atoms with Crippen LogP contribution in [0, 0.1) is 0 Å². The molecule has 1 aromatic rings. The first kappa shape index (κ1) is 20.5. The number of likely N-dealkylation sites (N-methyl/N-ethyl adjacent to an activating group) is 1. The fraction of sp³-hybridized carbons (Fsp3) is 0.625. The average Bonchev–Trinajstić information content (AvgIpc) is 2.39. The second-order valence-corrected chi connectivity index (χ2v) is 6.10. The van der Waals surface area contributed by atoms with E-state index in [0.717, 1.165) is 23.2 Å². The number of methoxy groups -OCH3 is 1. The van der Waals surface area contributed by atoms with Gasteiger partial charge in [-0.1, -0.05) is 12.1 Å². The van der Waals surface area contributed by atoms with Gasteiger partial charge >= 0.3 is 0 Å². The van der Waals surface area contributed by atoms with Gasteiger partial charge in [0, 0.05) is 6.42 Å². The molecule has 1 aliphatic rings. The van der Waals surface area contributed by atoms with Crippen molar-refractivity contribution in [3.05, 3.63) is 29.8 Å². The van der Waals surface area contributed by atoms with Crippen LogP contribution in [0.1, 0.15) is 24.8 Å². The number of aryl methyl sites for hydroxylation is 1. The van der Waals surface area contributed by atoms with Crippen LogP contribution in [-0.2, 0) is 6.42 Å². The monoisotopic (exact) mass is 334 g/mol. The molecule has 0 bridgehead atoms. The molecule has 2 unspecified atom stereocenters. The molecule has 1 aliphatic heterocycles. The molecule has 5 heteroatoms. The highest BCUT2D eigenvalue weighted by atomic mass is 35.5. The minimum atomic E-state index is 0. The number of quaternary nitrogens is 1. The van der Waals surface area contributed by atoms with E-state index in [4.69, 9.17) is 10.5 Å². The molecule has 1 saturated heterocycles. The van der Waals surface area contributed by atoms with Crippen molar-refractivity contribution in [2.24, 2.45) is 5.73 Å². The zero-order valence-electron chi connectivity index (χ0n) is 13.1. The second-order valence-electron chi connectivity index (χ2n) is 6.10. The second kappa shape index (κ2) is 9.52. The average molecular weight is 335 g/mol. The number of rotatable bonds is 5. The van der Waals surface area contributed by atoms with E-state index in [0.29, 0.717) is 6.04 Å². The maximum atomic E-state index is 6.10. The molecule has 0 amide bonds. The summed E-state index contributed by atoms with van der Waals surface area (Å²) in [5, 5.41) is 0. The lowest BCUT2D eigenvalue weighted by molar-refractivity contribution is -0.914. The largest absolute Gasteiger partial charge is 1.00 e. The molecule has 122 valence electrons. The van der Waals surface area contributed by atoms with Crippen LogP contribution < -0.4 is 22.9 Å². The topological polar surface area (TPSA) is 35.2 Å². The van der Waals surface area contributed by atoms with Gasteiger partial charge in [0.15, 0.2) is 0 Å². The Morgan fingerprint density at radius 1 is 1.29 bits per heavy atom. The van der Waals surface area contributed by atoms with Crippen molar-refractivity contribution in [3.8, 4) is 5.75 Å². The lowest BCUT2D eigenvalue weighted by atomic mass is 10.0. The van der Waals surface area contributed by atoms with Gasteiger partial charge in [-0.15, -0.1) is 12.4 Å². The summed E-state index contributed by atoms with van der Waals surface area (Å²) in [4.78, 5) is 0. The molecular formula is C16H28Cl2N2O. The summed E-state index contributed by atoms with van der Waals surface area (Å²) in [6.45, 7) is 3.67. The van der Waals surface area contributed by atoms with Crippen molar-refractivity contribution in [1.82, 2.24) is 0 Å². The summed E-state index contributed by atoms with van der Waals surface area (Å²) in [5.41, 5.74) is 7.49. The van der Waals surface area contributed by atoms with Gasteiger partial charge < -0.3 is 27.4 Å². The van der Waals surface area contributed by atoms with Crippen LogP contribution >= 0.6 is 12.4 Å². The lowest BCUT2D eigenvalue weighted by Crippen LogP contribution is -3.00. The number of hydrogen-bond donors (Lipinski definition) is 1. The van der Waals surface area contributed by atoms with E-state index in [-0.39, 0.29) is 24.8 Å². The number of halogens is 2. The van der Waals surface area contributed by atoms with Gasteiger partial charge in [0.25, 0.3) is 0 Å². The minimum Gasteiger partial charge on any atom is -1.00 e. The van der Waals surface area contributed by atoms with Crippen LogP contribution in [0.3, 0.4) is 0 Å². The van der Waals surface area contributed by atoms with E-state index in [9.17, 15) is 0 Å². The number of nitrogens with two attached hydrogens (primary N) is 1. The van der Waals surface area contributed by atoms with Crippen LogP contribution in [0.2, 0.25) is 0 Å². The summed E-state index contributed by atoms with van der Waals surface area (Å²) >= 11 is 0. The molecule has 2 N–H and O–H groups in total. The Morgan fingerprint density at radius 3 is 2.52 bits per heavy atom. The normalized spacial score (nSPS) is 24.6. The molecule has 1 fully saturated rings. The summed E-state index contributed by atoms with van der Waals surface area (Å²) < 4.78 is 6.33. The van der Waals surface area contributed by atoms with Crippen LogP contribution in [0.25, 0.3) is 0 Å². The lowest BCUT2D eigenvalue weighted by Gasteiger charge is -2.40. The molecule has 1 heterocycles. The minimum absolute atomic E-state index is 0. The van der Waals surface area contributed by atoms with Crippen molar-refractivity contribution < 1.29 is 21.6 Å². The highest BCUT2D eigenvalue weighted by Gasteiger charge is 2.28. The quantitative estimate of drug-likeness (QED) is 0.745. The van der Waals surface area contributed by atoms with Crippen LogP contribution in [0.4, 0.5) is 0 Å². The van der Waals surface area contributed by atoms with Crippen LogP contribution in [-0.4, -0.2) is 44.3 Å². The Balaban J connectivity index is 0.00000200. The smallest absolute Gasteiger partial charge is 0.118 e. The molecule has 3 nitrogen and oxygen atoms in total. The fourth-order valence-corrected chi connectivity index (χ4v) is 3.14. The molecule has 0 aliphatic carbocycles. The number of benzene rings is 1. The van der Waals surface area contributed by atoms with Gasteiger partial charge in [0.2, 0.25) is 0 Å². The third kappa shape index (κ3) is 6.43. The van der Waals surface area contributed by atoms with Crippen molar-refractivity contribution in [2.45, 2.75) is 31.7 Å². The van der Waals surface area contributed by atoms with E-state index < -0.39 is 0 Å². The van der Waals surface area contributed by atoms with Crippen molar-refractivity contribution in [3.63, 3.8) is 0 Å². The van der Waals surface area contributed by atoms with Gasteiger partial charge in [-0.2, -0.15) is 0 Å². The van der Waals surface area contributed by atoms with Gasteiger partial charge in [-0.05, 0) is 37.0 Å². The predicted octanol–water partition coefficient (Wildman–Crippen LogP) is -0.379. The van der Waals surface area contributed by atoms with Gasteiger partial charge in [0.05, 0.1) is 39.8 Å². The standard InChI is InChI=1S/C16H27N2O.2ClH/c1-18(12-4-6-15(17)13-18)11-3-5-14-7-9-16(19-2)10-8-14;;/h7-10,15H,3-6,11-13,17H2,1-2H3;2*1H/q+1;;/p-1. The molecule has 1 aromatic carbocycles. The Hall–Kier alpha value is -0.480. The first-order valence-corrected chi connectivity index (χ1v) is 7.33. The first-order valence-electron chi connectivity index (χ1n) is 7.33. The maximum absolute atomic E-state index is 6.10. The van der Waals surface area contributed by atoms with Crippen LogP contribution in [0.15, 0.2) is 24.3 Å². The summed E-state index contributed by atoms with van der Waals surface area (Å²) in [6.07, 6.45) is 4.86. The highest BCUT2D eigenvalue weighted by Crippen LogP contribution is 2.18. The Morgan fingerprint density at radius 2 is 1.95 bits per heavy atom. The van der Waals surface area contributed by atoms with E-state index in [1.54, 1.807) is 7.11 Å². The molecule has 0 saturated carbocycles. The number of ether oxygens (including phenoxy) is 1. The summed E-state index contributed by atoms with van der Waals surface area (Å²) in [7, 11) is 4.06. The third-order valence-electron chi connectivity index (χ3n) is 4.27. The molecule has 2 atom stereocenters. The first-order chi connectivity index (χ1) is 9.11. The van der Waals surface area contributed by atoms with Gasteiger partial charge in [0.1, 0.15) is 5.75 Å². The molecule has 21 heavy (non-hydrogen) atoms. The SMILES string of the molecule is COc1ccc(CCC[N+]2(C)CCCC(N)C2)cc1.Cl.[Cl-]. The zero-order chi connectivity index (χ0) is 13.7. The van der Waals surface area contributed by atoms with Crippen molar-refractivity contribution in [1.29, 1.82) is 0 Å². The number of piperidine rings is 1. The predicted molar refractivity (Wildman–Crippen MR) is 86.6 cm³/mol. The maximum Gasteiger partial charge on any atom is 0.118 e. The fourth-order valence-electron chi connectivity index (χ4n) is 3.14. The van der Waals surface area contributed by atoms with Gasteiger partial charge in [-0.3, -0.25) is 0 Å². The molecular weight excluding hydrogens is 307 g/mol. The van der Waals surface area contributed by atoms with E-state index in [2.05, 4.69) is 19.2 Å². The number of likely N-dealkylation sites (tertiary alicyclic amines) is 1.